The molecule has 0 aromatic rings. The van der Waals surface area contributed by atoms with E-state index in [-0.39, 0.29) is 0 Å². The molecule has 4 nitrogen and oxygen atoms in total. The molecule has 2 N–H and O–H groups in total. The molecular weight excluding hydrogens is 316 g/mol. The molecule has 57 valence electrons. The van der Waals surface area contributed by atoms with Gasteiger partial charge in [0.1, 0.15) is 0 Å². The third-order valence-corrected chi connectivity index (χ3v) is 0.730. The molecule has 0 aliphatic carbocycles. The standard InChI is InChI=1S/C3H8OS.H2O.2O.W/c1-2-3(4)5;;;;/h3-5H,2H2,1H3;1H2;;;/q;;;;+1/p-1. The Bertz CT molecular complexity index is 102. The molecular formula is C3H9O4SW. The molecule has 0 radical (unpaired) electrons. The molecule has 0 aliphatic heterocycles. The number of thiol groups is 1. The molecule has 0 aliphatic rings. The second-order valence-electron chi connectivity index (χ2n) is 1.11. The van der Waals surface area contributed by atoms with Crippen molar-refractivity contribution in [2.75, 3.05) is 0 Å². The Kier molecular flexibility index (Phi) is 11.7. The second kappa shape index (κ2) is 8.56. The van der Waals surface area contributed by atoms with Crippen molar-refractivity contribution in [2.45, 2.75) is 18.8 Å². The minimum atomic E-state index is -4.03. The summed E-state index contributed by atoms with van der Waals surface area (Å²) in [5.74, 6) is 0. The van der Waals surface area contributed by atoms with Gasteiger partial charge < -0.3 is 5.11 Å². The zero-order valence-electron chi connectivity index (χ0n) is 4.85. The topological polar surface area (TPSA) is 74.6 Å². The van der Waals surface area contributed by atoms with Crippen molar-refractivity contribution in [1.29, 1.82) is 0 Å². The molecule has 0 rings (SSSR count). The Balaban J connectivity index is 0. The fraction of sp³-hybridized carbons (Fsp3) is 1.00. The fourth-order valence-electron chi connectivity index (χ4n) is 0. The quantitative estimate of drug-likeness (QED) is 0.463. The van der Waals surface area contributed by atoms with Gasteiger partial charge in [0.2, 0.25) is 0 Å². The van der Waals surface area contributed by atoms with Crippen LogP contribution in [0.3, 0.4) is 0 Å². The van der Waals surface area contributed by atoms with Crippen LogP contribution >= 0.6 is 12.6 Å². The molecule has 1 unspecified atom stereocenters. The maximum absolute atomic E-state index is 8.72. The van der Waals surface area contributed by atoms with E-state index in [2.05, 4.69) is 12.6 Å². The molecule has 0 aromatic carbocycles. The van der Waals surface area contributed by atoms with Crippen molar-refractivity contribution in [2.24, 2.45) is 0 Å². The molecule has 0 bridgehead atoms. The van der Waals surface area contributed by atoms with Crippen molar-refractivity contribution >= 4 is 12.6 Å². The van der Waals surface area contributed by atoms with Gasteiger partial charge in [0.05, 0.1) is 5.44 Å². The molecule has 9 heavy (non-hydrogen) atoms. The Morgan fingerprint density at radius 1 is 1.67 bits per heavy atom. The van der Waals surface area contributed by atoms with Crippen LogP contribution in [0, 0.1) is 0 Å². The number of aliphatic hydroxyl groups is 1. The van der Waals surface area contributed by atoms with Crippen LogP contribution in [0.25, 0.3) is 0 Å². The van der Waals surface area contributed by atoms with Crippen molar-refractivity contribution in [3.8, 4) is 0 Å². The fourth-order valence-corrected chi connectivity index (χ4v) is 0. The van der Waals surface area contributed by atoms with Crippen LogP contribution in [0.15, 0.2) is 0 Å². The van der Waals surface area contributed by atoms with Crippen LogP contribution in [-0.4, -0.2) is 14.3 Å². The van der Waals surface area contributed by atoms with E-state index in [1.807, 2.05) is 6.92 Å². The van der Waals surface area contributed by atoms with Crippen molar-refractivity contribution in [3.05, 3.63) is 0 Å². The monoisotopic (exact) mass is 325 g/mol. The van der Waals surface area contributed by atoms with Gasteiger partial charge in [-0.2, -0.15) is 0 Å². The third kappa shape index (κ3) is 56.2. The van der Waals surface area contributed by atoms with E-state index in [0.717, 1.165) is 6.42 Å². The molecule has 0 fully saturated rings. The van der Waals surface area contributed by atoms with E-state index < -0.39 is 23.1 Å². The molecule has 0 saturated heterocycles. The summed E-state index contributed by atoms with van der Waals surface area (Å²) in [4.78, 5) is 0. The van der Waals surface area contributed by atoms with Gasteiger partial charge in [-0.1, -0.05) is 6.92 Å². The van der Waals surface area contributed by atoms with Gasteiger partial charge in [-0.05, 0) is 6.42 Å². The van der Waals surface area contributed by atoms with Crippen molar-refractivity contribution in [3.63, 3.8) is 0 Å². The first-order valence-electron chi connectivity index (χ1n) is 2.15. The van der Waals surface area contributed by atoms with Crippen LogP contribution < -0.4 is 0 Å². The zero-order valence-corrected chi connectivity index (χ0v) is 8.68. The van der Waals surface area contributed by atoms with Crippen LogP contribution in [0.5, 0.6) is 0 Å². The average Bonchev–Trinajstić information content (AvgIpc) is 1.65. The van der Waals surface area contributed by atoms with E-state index in [0.29, 0.717) is 0 Å². The van der Waals surface area contributed by atoms with Crippen LogP contribution in [-0.2, 0) is 24.4 Å². The summed E-state index contributed by atoms with van der Waals surface area (Å²) in [5.41, 5.74) is -0.421. The first-order chi connectivity index (χ1) is 4.00. The summed E-state index contributed by atoms with van der Waals surface area (Å²) in [6.07, 6.45) is 0.725. The van der Waals surface area contributed by atoms with Crippen LogP contribution in [0.4, 0.5) is 0 Å². The van der Waals surface area contributed by atoms with E-state index >= 15 is 0 Å². The van der Waals surface area contributed by atoms with Crippen LogP contribution in [0.1, 0.15) is 13.3 Å². The summed E-state index contributed by atoms with van der Waals surface area (Å²) in [6, 6.07) is 0. The number of rotatable bonds is 1. The van der Waals surface area contributed by atoms with Crippen molar-refractivity contribution < 1.29 is 33.3 Å². The molecule has 0 saturated carbocycles. The second-order valence-corrected chi connectivity index (χ2v) is 3.26. The summed E-state index contributed by atoms with van der Waals surface area (Å²) in [6.45, 7) is 1.87. The maximum atomic E-state index is 8.72. The number of hydrogen-bond acceptors (Lipinski definition) is 4. The summed E-state index contributed by atoms with van der Waals surface area (Å²) >= 11 is -0.374. The van der Waals surface area contributed by atoms with Gasteiger partial charge in [0, 0.05) is 0 Å². The number of aliphatic hydroxyl groups excluding tert-OH is 1. The Morgan fingerprint density at radius 3 is 1.78 bits per heavy atom. The predicted molar refractivity (Wildman–Crippen MR) is 28.9 cm³/mol. The summed E-state index contributed by atoms with van der Waals surface area (Å²) in [5, 5.41) is 8.23. The van der Waals surface area contributed by atoms with E-state index in [9.17, 15) is 0 Å². The molecule has 6 heteroatoms. The van der Waals surface area contributed by atoms with Gasteiger partial charge >= 0.3 is 28.2 Å². The van der Waals surface area contributed by atoms with Crippen LogP contribution in [0.2, 0.25) is 0 Å². The molecule has 0 spiro atoms. The van der Waals surface area contributed by atoms with Gasteiger partial charge in [-0.3, -0.25) is 0 Å². The number of hydrogen-bond donors (Lipinski definition) is 3. The normalized spacial score (nSPS) is 11.1. The van der Waals surface area contributed by atoms with E-state index in [1.54, 1.807) is 0 Å². The molecule has 0 aromatic heterocycles. The van der Waals surface area contributed by atoms with Gasteiger partial charge in [-0.25, -0.2) is 0 Å². The minimum absolute atomic E-state index is 0.421. The molecule has 1 atom stereocenters. The van der Waals surface area contributed by atoms with Gasteiger partial charge in [0.15, 0.2) is 0 Å². The third-order valence-electron chi connectivity index (χ3n) is 0.365. The summed E-state index contributed by atoms with van der Waals surface area (Å²) < 4.78 is 24.6. The van der Waals surface area contributed by atoms with Gasteiger partial charge in [-0.15, -0.1) is 12.6 Å². The Hall–Kier alpha value is 0.558. The average molecular weight is 325 g/mol. The molecule has 0 heterocycles. The molecule has 0 amide bonds. The van der Waals surface area contributed by atoms with E-state index in [4.69, 9.17) is 15.7 Å². The Labute approximate surface area is 64.9 Å². The Morgan fingerprint density at radius 2 is 1.78 bits per heavy atom. The first kappa shape index (κ1) is 12.3. The first-order valence-corrected chi connectivity index (χ1v) is 6.37. The van der Waals surface area contributed by atoms with Gasteiger partial charge in [0.25, 0.3) is 0 Å². The predicted octanol–water partition coefficient (Wildman–Crippen LogP) is -0.153. The summed E-state index contributed by atoms with van der Waals surface area (Å²) in [7, 11) is 0. The van der Waals surface area contributed by atoms with E-state index in [1.165, 1.54) is 0 Å². The zero-order chi connectivity index (χ0) is 7.86. The van der Waals surface area contributed by atoms with Crippen molar-refractivity contribution in [1.82, 2.24) is 0 Å². The SMILES string of the molecule is CCC(O)S.[O]=[W](=[O])[OH].